The third-order valence-electron chi connectivity index (χ3n) is 13.2. The molecule has 49 heavy (non-hydrogen) atoms. The van der Waals surface area contributed by atoms with Crippen molar-refractivity contribution in [3.8, 4) is 0 Å². The number of hydrogen-bond donors (Lipinski definition) is 1. The fourth-order valence-corrected chi connectivity index (χ4v) is 10.2. The van der Waals surface area contributed by atoms with Gasteiger partial charge in [-0.2, -0.15) is 0 Å². The Morgan fingerprint density at radius 3 is 2.47 bits per heavy atom. The number of ketones is 3. The van der Waals surface area contributed by atoms with E-state index in [1.807, 2.05) is 78.0 Å². The molecule has 0 spiro atoms. The van der Waals surface area contributed by atoms with E-state index in [-0.39, 0.29) is 12.2 Å². The van der Waals surface area contributed by atoms with E-state index in [4.69, 9.17) is 4.74 Å². The van der Waals surface area contributed by atoms with E-state index in [9.17, 15) is 24.3 Å². The minimum absolute atomic E-state index is 0.214. The second-order valence-electron chi connectivity index (χ2n) is 15.9. The zero-order valence-corrected chi connectivity index (χ0v) is 30.5. The van der Waals surface area contributed by atoms with Crippen LogP contribution >= 0.6 is 0 Å². The number of hydrogen-bond acceptors (Lipinski definition) is 6. The number of alkyl halides is 1. The highest BCUT2D eigenvalue weighted by atomic mass is 19.1. The molecule has 6 nitrogen and oxygen atoms in total. The Hall–Kier alpha value is -3.45. The SMILES string of the molecule is CC=C(C)C=CC=C(C)C=CC1=C(C)CCCC1(C)C(=O)O[C@@]1(C(=O)CO)[C@@H](C)C[C@H]2[C@@H]3CCC4=CC(=O)C=C[C@]4(C)[C@@]3(F)C(=O)C[C@@]21C. The van der Waals surface area contributed by atoms with Crippen molar-refractivity contribution in [3.63, 3.8) is 0 Å². The number of Topliss-reactive ketones (excluding diaryl/α,β-unsaturated/α-hetero) is 2. The molecule has 7 heteroatoms. The summed E-state index contributed by atoms with van der Waals surface area (Å²) in [6.07, 6.45) is 19.3. The molecule has 5 aliphatic rings. The first-order chi connectivity index (χ1) is 23.0. The summed E-state index contributed by atoms with van der Waals surface area (Å²) in [5, 5.41) is 10.4. The number of aliphatic hydroxyl groups excluding tert-OH is 1. The summed E-state index contributed by atoms with van der Waals surface area (Å²) in [5.41, 5.74) is -3.01. The number of ether oxygens (including phenoxy) is 1. The molecule has 3 fully saturated rings. The van der Waals surface area contributed by atoms with Gasteiger partial charge in [0, 0.05) is 29.1 Å². The molecule has 0 aromatic rings. The Morgan fingerprint density at radius 2 is 1.80 bits per heavy atom. The predicted octanol–water partition coefficient (Wildman–Crippen LogP) is 8.19. The van der Waals surface area contributed by atoms with Gasteiger partial charge in [0.15, 0.2) is 22.8 Å². The Labute approximate surface area is 291 Å². The standard InChI is InChI=1S/C42H53FO6/c1-9-26(2)12-10-13-27(3)15-17-32-28(4)14-11-20-38(32,6)37(48)49-42(36(47)25-44)29(5)22-34-33-18-16-30-23-31(45)19-21-39(30,7)41(33,43)35(46)24-40(34,42)8/h9-10,12-13,15,17,19,21,23,29,33-34,44H,11,14,16,18,20,22,24-25H2,1-8H3/t29-,33-,34-,38?,39-,40-,41-,42+/m0/s1. The maximum Gasteiger partial charge on any atom is 0.317 e. The molecule has 264 valence electrons. The molecule has 0 bridgehead atoms. The Balaban J connectivity index is 1.53. The van der Waals surface area contributed by atoms with Crippen LogP contribution in [0.25, 0.3) is 0 Å². The van der Waals surface area contributed by atoms with Gasteiger partial charge in [-0.3, -0.25) is 19.2 Å². The van der Waals surface area contributed by atoms with Crippen LogP contribution in [0.1, 0.15) is 100 Å². The minimum atomic E-state index is -2.28. The number of fused-ring (bicyclic) bond motifs is 5. The van der Waals surface area contributed by atoms with E-state index in [1.54, 1.807) is 19.9 Å². The van der Waals surface area contributed by atoms with E-state index in [1.165, 1.54) is 12.2 Å². The van der Waals surface area contributed by atoms with E-state index in [0.29, 0.717) is 31.3 Å². The Bertz CT molecular complexity index is 1670. The van der Waals surface area contributed by atoms with Gasteiger partial charge in [0.05, 0.1) is 5.41 Å². The molecule has 0 aliphatic heterocycles. The van der Waals surface area contributed by atoms with Crippen molar-refractivity contribution in [1.82, 2.24) is 0 Å². The summed E-state index contributed by atoms with van der Waals surface area (Å²) in [4.78, 5) is 55.3. The lowest BCUT2D eigenvalue weighted by atomic mass is 9.45. The first-order valence-corrected chi connectivity index (χ1v) is 17.9. The molecule has 5 aliphatic carbocycles. The van der Waals surface area contributed by atoms with Crippen LogP contribution < -0.4 is 0 Å². The largest absolute Gasteiger partial charge is 0.449 e. The van der Waals surface area contributed by atoms with Gasteiger partial charge in [-0.05, 0) is 104 Å². The van der Waals surface area contributed by atoms with Crippen LogP contribution in [-0.4, -0.2) is 46.3 Å². The molecular weight excluding hydrogens is 619 g/mol. The lowest BCUT2D eigenvalue weighted by Gasteiger charge is -2.60. The first kappa shape index (κ1) is 36.8. The van der Waals surface area contributed by atoms with Crippen LogP contribution in [0.5, 0.6) is 0 Å². The smallest absolute Gasteiger partial charge is 0.317 e. The molecule has 0 saturated heterocycles. The maximum atomic E-state index is 17.7. The third kappa shape index (κ3) is 5.46. The van der Waals surface area contributed by atoms with Crippen molar-refractivity contribution in [2.75, 3.05) is 6.61 Å². The minimum Gasteiger partial charge on any atom is -0.449 e. The Kier molecular flexibility index (Phi) is 9.79. The Morgan fingerprint density at radius 1 is 1.08 bits per heavy atom. The number of aliphatic hydroxyl groups is 1. The second kappa shape index (κ2) is 13.0. The highest BCUT2D eigenvalue weighted by Gasteiger charge is 2.77. The summed E-state index contributed by atoms with van der Waals surface area (Å²) in [7, 11) is 0. The van der Waals surface area contributed by atoms with E-state index in [2.05, 4.69) is 0 Å². The summed E-state index contributed by atoms with van der Waals surface area (Å²) in [5.74, 6) is -3.86. The number of carbonyl (C=O) groups is 4. The highest BCUT2D eigenvalue weighted by Crippen LogP contribution is 2.70. The first-order valence-electron chi connectivity index (χ1n) is 17.9. The van der Waals surface area contributed by atoms with Crippen LogP contribution in [0.3, 0.4) is 0 Å². The molecule has 0 amide bonds. The molecule has 1 N–H and O–H groups in total. The summed E-state index contributed by atoms with van der Waals surface area (Å²) in [6, 6.07) is 0. The van der Waals surface area contributed by atoms with Gasteiger partial charge in [-0.25, -0.2) is 4.39 Å². The van der Waals surface area contributed by atoms with Crippen molar-refractivity contribution in [2.24, 2.45) is 34.0 Å². The predicted molar refractivity (Wildman–Crippen MR) is 189 cm³/mol. The quantitative estimate of drug-likeness (QED) is 0.206. The third-order valence-corrected chi connectivity index (χ3v) is 13.2. The van der Waals surface area contributed by atoms with Gasteiger partial charge in [0.2, 0.25) is 5.78 Å². The van der Waals surface area contributed by atoms with Gasteiger partial charge < -0.3 is 9.84 Å². The fraction of sp³-hybridized carbons (Fsp3) is 0.571. The van der Waals surface area contributed by atoms with Crippen LogP contribution in [0.4, 0.5) is 4.39 Å². The molecule has 5 rings (SSSR count). The number of carbonyl (C=O) groups excluding carboxylic acids is 4. The second-order valence-corrected chi connectivity index (χ2v) is 15.9. The van der Waals surface area contributed by atoms with E-state index >= 15 is 4.39 Å². The average molecular weight is 673 g/mol. The monoisotopic (exact) mass is 672 g/mol. The van der Waals surface area contributed by atoms with Crippen molar-refractivity contribution >= 4 is 23.3 Å². The van der Waals surface area contributed by atoms with Crippen molar-refractivity contribution < 1.29 is 33.4 Å². The molecular formula is C42H53FO6. The summed E-state index contributed by atoms with van der Waals surface area (Å²) < 4.78 is 24.3. The molecule has 0 radical (unpaired) electrons. The fourth-order valence-electron chi connectivity index (χ4n) is 10.2. The average Bonchev–Trinajstić information content (AvgIpc) is 3.27. The van der Waals surface area contributed by atoms with Crippen LogP contribution in [0, 0.1) is 34.0 Å². The molecule has 0 aromatic carbocycles. The number of halogens is 1. The van der Waals surface area contributed by atoms with Gasteiger partial charge in [0.1, 0.15) is 6.61 Å². The normalized spacial score (nSPS) is 39.6. The van der Waals surface area contributed by atoms with Crippen LogP contribution in [0.2, 0.25) is 0 Å². The van der Waals surface area contributed by atoms with Gasteiger partial charge >= 0.3 is 5.97 Å². The lowest BCUT2D eigenvalue weighted by molar-refractivity contribution is -0.208. The lowest BCUT2D eigenvalue weighted by Crippen LogP contribution is -2.69. The van der Waals surface area contributed by atoms with Crippen LogP contribution in [-0.2, 0) is 23.9 Å². The number of rotatable bonds is 8. The zero-order chi connectivity index (χ0) is 36.2. The van der Waals surface area contributed by atoms with Crippen molar-refractivity contribution in [1.29, 1.82) is 0 Å². The van der Waals surface area contributed by atoms with Gasteiger partial charge in [0.25, 0.3) is 0 Å². The molecule has 0 aromatic heterocycles. The number of esters is 1. The maximum absolute atomic E-state index is 17.7. The van der Waals surface area contributed by atoms with Crippen molar-refractivity contribution in [2.45, 2.75) is 112 Å². The van der Waals surface area contributed by atoms with Gasteiger partial charge in [-0.1, -0.05) is 78.7 Å². The topological polar surface area (TPSA) is 97.7 Å². The van der Waals surface area contributed by atoms with Crippen LogP contribution in [0.15, 0.2) is 82.5 Å². The highest BCUT2D eigenvalue weighted by molar-refractivity contribution is 6.03. The molecule has 8 atom stereocenters. The van der Waals surface area contributed by atoms with Gasteiger partial charge in [-0.15, -0.1) is 0 Å². The molecule has 0 heterocycles. The summed E-state index contributed by atoms with van der Waals surface area (Å²) >= 11 is 0. The molecule has 1 unspecified atom stereocenters. The summed E-state index contributed by atoms with van der Waals surface area (Å²) in [6.45, 7) is 14.3. The van der Waals surface area contributed by atoms with Crippen molar-refractivity contribution in [3.05, 3.63) is 82.5 Å². The molecule has 3 saturated carbocycles. The zero-order valence-electron chi connectivity index (χ0n) is 30.5. The van der Waals surface area contributed by atoms with E-state index < -0.39 is 69.4 Å². The number of allylic oxidation sites excluding steroid dienone is 13. The van der Waals surface area contributed by atoms with E-state index in [0.717, 1.165) is 35.1 Å².